The number of carboxylic acids is 1. The summed E-state index contributed by atoms with van der Waals surface area (Å²) in [6, 6.07) is 0. The maximum absolute atomic E-state index is 11.8. The van der Waals surface area contributed by atoms with Gasteiger partial charge in [-0.05, 0) is 0 Å². The summed E-state index contributed by atoms with van der Waals surface area (Å²) in [6.07, 6.45) is -0.873. The van der Waals surface area contributed by atoms with Crippen LogP contribution >= 0.6 is 0 Å². The molecule has 0 aromatic carbocycles. The number of amides is 2. The van der Waals surface area contributed by atoms with E-state index in [1.165, 1.54) is 0 Å². The number of primary amides is 1. The Morgan fingerprint density at radius 2 is 2.00 bits per heavy atom. The van der Waals surface area contributed by atoms with Gasteiger partial charge in [-0.15, -0.1) is 0 Å². The Balaban J connectivity index is 2.63. The number of carboxylic acid groups (broad SMARTS) is 1. The topological polar surface area (TPSA) is 119 Å². The minimum atomic E-state index is -1.23. The zero-order chi connectivity index (χ0) is 12.8. The van der Waals surface area contributed by atoms with Crippen molar-refractivity contribution < 1.29 is 29.0 Å². The van der Waals surface area contributed by atoms with E-state index >= 15 is 0 Å². The van der Waals surface area contributed by atoms with E-state index in [4.69, 9.17) is 20.3 Å². The van der Waals surface area contributed by atoms with Crippen LogP contribution in [-0.2, 0) is 23.9 Å². The van der Waals surface area contributed by atoms with Gasteiger partial charge in [-0.1, -0.05) is 0 Å². The summed E-state index contributed by atoms with van der Waals surface area (Å²) in [5.74, 6) is -2.61. The number of aliphatic carboxylic acids is 1. The smallest absolute Gasteiger partial charge is 0.323 e. The van der Waals surface area contributed by atoms with E-state index in [1.54, 1.807) is 0 Å². The highest BCUT2D eigenvalue weighted by Crippen LogP contribution is 2.05. The van der Waals surface area contributed by atoms with Gasteiger partial charge in [0.1, 0.15) is 13.1 Å². The molecule has 1 fully saturated rings. The fourth-order valence-corrected chi connectivity index (χ4v) is 1.40. The molecule has 0 bridgehead atoms. The predicted molar refractivity (Wildman–Crippen MR) is 54.0 cm³/mol. The molecule has 8 nitrogen and oxygen atoms in total. The van der Waals surface area contributed by atoms with Gasteiger partial charge in [0.2, 0.25) is 5.91 Å². The van der Waals surface area contributed by atoms with Crippen LogP contribution in [-0.4, -0.2) is 66.8 Å². The molecule has 1 aliphatic rings. The maximum atomic E-state index is 11.8. The molecule has 0 aromatic heterocycles. The third kappa shape index (κ3) is 4.37. The molecule has 0 radical (unpaired) electrons. The first kappa shape index (κ1) is 13.4. The minimum Gasteiger partial charge on any atom is -0.480 e. The Morgan fingerprint density at radius 1 is 1.29 bits per heavy atom. The summed E-state index contributed by atoms with van der Waals surface area (Å²) in [7, 11) is 0. The second kappa shape index (κ2) is 6.16. The summed E-state index contributed by atoms with van der Waals surface area (Å²) in [5, 5.41) is 8.63. The lowest BCUT2D eigenvalue weighted by molar-refractivity contribution is -0.162. The molecule has 1 unspecified atom stereocenters. The van der Waals surface area contributed by atoms with Crippen LogP contribution in [0, 0.1) is 0 Å². The molecule has 96 valence electrons. The second-order valence-electron chi connectivity index (χ2n) is 3.49. The van der Waals surface area contributed by atoms with Gasteiger partial charge >= 0.3 is 5.97 Å². The minimum absolute atomic E-state index is 0.0493. The second-order valence-corrected chi connectivity index (χ2v) is 3.49. The fourth-order valence-electron chi connectivity index (χ4n) is 1.40. The van der Waals surface area contributed by atoms with Crippen molar-refractivity contribution in [2.75, 3.05) is 32.9 Å². The van der Waals surface area contributed by atoms with E-state index in [-0.39, 0.29) is 13.2 Å². The normalized spacial score (nSPS) is 19.6. The Hall–Kier alpha value is -1.67. The highest BCUT2D eigenvalue weighted by atomic mass is 16.6. The van der Waals surface area contributed by atoms with Crippen LogP contribution in [0.25, 0.3) is 0 Å². The zero-order valence-corrected chi connectivity index (χ0v) is 9.13. The van der Waals surface area contributed by atoms with Gasteiger partial charge in [-0.3, -0.25) is 14.4 Å². The van der Waals surface area contributed by atoms with Crippen LogP contribution in [0.15, 0.2) is 0 Å². The number of rotatable bonds is 5. The first-order chi connectivity index (χ1) is 8.00. The Labute approximate surface area is 97.3 Å². The van der Waals surface area contributed by atoms with Crippen LogP contribution in [0.4, 0.5) is 0 Å². The molecule has 1 heterocycles. The number of ether oxygens (including phenoxy) is 2. The van der Waals surface area contributed by atoms with E-state index in [0.29, 0.717) is 6.61 Å². The third-order valence-electron chi connectivity index (χ3n) is 2.08. The fraction of sp³-hybridized carbons (Fsp3) is 0.667. The molecular weight excluding hydrogens is 232 g/mol. The lowest BCUT2D eigenvalue weighted by atomic mass is 10.3. The van der Waals surface area contributed by atoms with E-state index in [0.717, 1.165) is 4.90 Å². The van der Waals surface area contributed by atoms with Crippen molar-refractivity contribution in [1.82, 2.24) is 4.90 Å². The predicted octanol–water partition coefficient (Wildman–Crippen LogP) is -2.20. The number of hydrogen-bond donors (Lipinski definition) is 2. The number of carbonyl (C=O) groups excluding carboxylic acids is 2. The summed E-state index contributed by atoms with van der Waals surface area (Å²) in [6.45, 7) is -0.354. The number of nitrogens with zero attached hydrogens (tertiary/aromatic N) is 1. The Morgan fingerprint density at radius 3 is 2.47 bits per heavy atom. The molecule has 1 atom stereocenters. The average molecular weight is 246 g/mol. The lowest BCUT2D eigenvalue weighted by Crippen LogP contribution is -2.49. The van der Waals surface area contributed by atoms with E-state index in [9.17, 15) is 14.4 Å². The monoisotopic (exact) mass is 246 g/mol. The molecule has 17 heavy (non-hydrogen) atoms. The van der Waals surface area contributed by atoms with Crippen molar-refractivity contribution in [3.63, 3.8) is 0 Å². The first-order valence-corrected chi connectivity index (χ1v) is 4.99. The Bertz CT molecular complexity index is 297. The highest BCUT2D eigenvalue weighted by Gasteiger charge is 2.29. The maximum Gasteiger partial charge on any atom is 0.323 e. The third-order valence-corrected chi connectivity index (χ3v) is 2.08. The standard InChI is InChI=1S/C9H14N2O6/c10-7(12)3-11(4-8(13)14)9(15)6-5-16-1-2-17-6/h6H,1-5H2,(H2,10,12)(H,13,14). The van der Waals surface area contributed by atoms with Gasteiger partial charge in [-0.2, -0.15) is 0 Å². The molecule has 0 saturated carbocycles. The van der Waals surface area contributed by atoms with Gasteiger partial charge in [0.25, 0.3) is 5.91 Å². The van der Waals surface area contributed by atoms with Gasteiger partial charge in [0.05, 0.1) is 19.8 Å². The van der Waals surface area contributed by atoms with Gasteiger partial charge in [0.15, 0.2) is 6.10 Å². The highest BCUT2D eigenvalue weighted by molar-refractivity contribution is 5.89. The van der Waals surface area contributed by atoms with Crippen LogP contribution in [0.1, 0.15) is 0 Å². The van der Waals surface area contributed by atoms with Crippen LogP contribution in [0.2, 0.25) is 0 Å². The summed E-state index contributed by atoms with van der Waals surface area (Å²) >= 11 is 0. The largest absolute Gasteiger partial charge is 0.480 e. The molecule has 1 aliphatic heterocycles. The molecular formula is C9H14N2O6. The number of hydrogen-bond acceptors (Lipinski definition) is 5. The van der Waals surface area contributed by atoms with Gasteiger partial charge < -0.3 is 25.2 Å². The quantitative estimate of drug-likeness (QED) is 0.568. The van der Waals surface area contributed by atoms with Crippen molar-refractivity contribution in [1.29, 1.82) is 0 Å². The molecule has 1 saturated heterocycles. The van der Waals surface area contributed by atoms with Crippen molar-refractivity contribution >= 4 is 17.8 Å². The summed E-state index contributed by atoms with van der Waals surface area (Å²) in [4.78, 5) is 34.0. The number of nitrogens with two attached hydrogens (primary N) is 1. The van der Waals surface area contributed by atoms with E-state index in [1.807, 2.05) is 0 Å². The van der Waals surface area contributed by atoms with E-state index < -0.39 is 37.0 Å². The Kier molecular flexibility index (Phi) is 4.85. The SMILES string of the molecule is NC(=O)CN(CC(=O)O)C(=O)C1COCCO1. The van der Waals surface area contributed by atoms with Crippen molar-refractivity contribution in [3.8, 4) is 0 Å². The van der Waals surface area contributed by atoms with Gasteiger partial charge in [-0.25, -0.2) is 0 Å². The first-order valence-electron chi connectivity index (χ1n) is 4.99. The molecule has 3 N–H and O–H groups in total. The van der Waals surface area contributed by atoms with Crippen LogP contribution < -0.4 is 5.73 Å². The molecule has 1 rings (SSSR count). The van der Waals surface area contributed by atoms with Crippen molar-refractivity contribution in [2.45, 2.75) is 6.10 Å². The van der Waals surface area contributed by atoms with Crippen molar-refractivity contribution in [2.24, 2.45) is 5.73 Å². The molecule has 0 spiro atoms. The number of carbonyl (C=O) groups is 3. The average Bonchev–Trinajstić information content (AvgIpc) is 2.27. The lowest BCUT2D eigenvalue weighted by Gasteiger charge is -2.27. The van der Waals surface area contributed by atoms with Crippen molar-refractivity contribution in [3.05, 3.63) is 0 Å². The van der Waals surface area contributed by atoms with Gasteiger partial charge in [0, 0.05) is 0 Å². The van der Waals surface area contributed by atoms with Crippen LogP contribution in [0.3, 0.4) is 0 Å². The molecule has 2 amide bonds. The summed E-state index contributed by atoms with van der Waals surface area (Å²) < 4.78 is 10.1. The molecule has 0 aromatic rings. The molecule has 0 aliphatic carbocycles. The molecule has 8 heteroatoms. The summed E-state index contributed by atoms with van der Waals surface area (Å²) in [5.41, 5.74) is 4.94. The van der Waals surface area contributed by atoms with E-state index in [2.05, 4.69) is 0 Å². The van der Waals surface area contributed by atoms with Crippen LogP contribution in [0.5, 0.6) is 0 Å². The zero-order valence-electron chi connectivity index (χ0n) is 9.13.